The smallest absolute Gasteiger partial charge is 0.275 e. The van der Waals surface area contributed by atoms with Crippen molar-refractivity contribution in [1.29, 1.82) is 0 Å². The normalized spacial score (nSPS) is 21.3. The first-order chi connectivity index (χ1) is 16.7. The molecule has 2 aromatic rings. The molecule has 0 saturated carbocycles. The van der Waals surface area contributed by atoms with Crippen molar-refractivity contribution in [2.75, 3.05) is 39.2 Å². The molecule has 0 bridgehead atoms. The second-order valence-electron chi connectivity index (χ2n) is 8.75. The van der Waals surface area contributed by atoms with Crippen molar-refractivity contribution in [3.63, 3.8) is 0 Å². The van der Waals surface area contributed by atoms with Crippen LogP contribution in [0.15, 0.2) is 36.8 Å². The van der Waals surface area contributed by atoms with Crippen molar-refractivity contribution in [1.82, 2.24) is 19.8 Å². The third kappa shape index (κ3) is 6.33. The zero-order valence-corrected chi connectivity index (χ0v) is 20.9. The summed E-state index contributed by atoms with van der Waals surface area (Å²) in [5, 5.41) is 2.75. The number of ether oxygens (including phenoxy) is 2. The molecule has 3 atom stereocenters. The predicted octanol–water partition coefficient (Wildman–Crippen LogP) is 2.47. The van der Waals surface area contributed by atoms with Crippen LogP contribution in [0, 0.1) is 5.92 Å². The van der Waals surface area contributed by atoms with E-state index in [0.29, 0.717) is 36.5 Å². The fraction of sp³-hybridized carbons (Fsp3) is 0.480. The monoisotopic (exact) mass is 483 g/mol. The summed E-state index contributed by atoms with van der Waals surface area (Å²) in [6.07, 6.45) is 4.39. The average molecular weight is 484 g/mol. The Bertz CT molecular complexity index is 1050. The van der Waals surface area contributed by atoms with Crippen LogP contribution in [0.3, 0.4) is 0 Å². The maximum atomic E-state index is 13.4. The van der Waals surface area contributed by atoms with E-state index in [1.54, 1.807) is 37.3 Å². The van der Waals surface area contributed by atoms with E-state index in [1.165, 1.54) is 18.6 Å². The molecule has 1 N–H and O–H groups in total. The van der Waals surface area contributed by atoms with Gasteiger partial charge in [-0.25, -0.2) is 4.98 Å². The molecular formula is C25H33N5O5. The lowest BCUT2D eigenvalue weighted by Gasteiger charge is -2.36. The van der Waals surface area contributed by atoms with Gasteiger partial charge in [0.1, 0.15) is 18.1 Å². The summed E-state index contributed by atoms with van der Waals surface area (Å²) in [6, 6.07) is 4.68. The first-order valence-corrected chi connectivity index (χ1v) is 11.7. The molecule has 3 rings (SSSR count). The largest absolute Gasteiger partial charge is 0.491 e. The van der Waals surface area contributed by atoms with Crippen LogP contribution in [0.4, 0.5) is 5.69 Å². The minimum absolute atomic E-state index is 0.00954. The first kappa shape index (κ1) is 26.1. The molecule has 1 aromatic heterocycles. The highest BCUT2D eigenvalue weighted by Gasteiger charge is 2.30. The number of nitrogens with zero attached hydrogens (tertiary/aromatic N) is 4. The van der Waals surface area contributed by atoms with E-state index in [-0.39, 0.29) is 42.2 Å². The molecule has 0 fully saturated rings. The fourth-order valence-electron chi connectivity index (χ4n) is 4.02. The van der Waals surface area contributed by atoms with E-state index in [1.807, 2.05) is 25.7 Å². The van der Waals surface area contributed by atoms with Gasteiger partial charge in [0, 0.05) is 57.7 Å². The summed E-state index contributed by atoms with van der Waals surface area (Å²) < 4.78 is 11.7. The highest BCUT2D eigenvalue weighted by Crippen LogP contribution is 2.27. The van der Waals surface area contributed by atoms with Crippen LogP contribution in [0.1, 0.15) is 48.0 Å². The van der Waals surface area contributed by atoms with Crippen LogP contribution < -0.4 is 10.1 Å². The third-order valence-corrected chi connectivity index (χ3v) is 6.12. The number of aromatic nitrogens is 2. The molecule has 188 valence electrons. The molecule has 0 saturated heterocycles. The molecule has 3 amide bonds. The minimum atomic E-state index is -0.441. The van der Waals surface area contributed by atoms with Crippen LogP contribution in [-0.4, -0.2) is 83.5 Å². The summed E-state index contributed by atoms with van der Waals surface area (Å²) >= 11 is 0. The summed E-state index contributed by atoms with van der Waals surface area (Å²) in [5.41, 5.74) is 0.879. The Balaban J connectivity index is 1.94. The highest BCUT2D eigenvalue weighted by atomic mass is 16.5. The van der Waals surface area contributed by atoms with Gasteiger partial charge in [-0.15, -0.1) is 0 Å². The molecular weight excluding hydrogens is 450 g/mol. The van der Waals surface area contributed by atoms with Gasteiger partial charge in [-0.3, -0.25) is 19.4 Å². The number of likely N-dealkylation sites (N-methyl/N-ethyl adjacent to an activating group) is 1. The Morgan fingerprint density at radius 2 is 2.00 bits per heavy atom. The molecule has 10 nitrogen and oxygen atoms in total. The van der Waals surface area contributed by atoms with Gasteiger partial charge in [0.25, 0.3) is 11.8 Å². The van der Waals surface area contributed by atoms with Gasteiger partial charge in [0.05, 0.1) is 23.9 Å². The standard InChI is InChI=1S/C25H33N5O5/c1-6-23(31)30-13-16(2)22(34-5)14-29(4)25(33)19-11-18(7-8-21(19)35-15-17(30)3)28-24(32)20-12-26-9-10-27-20/h7-12,16-17,22H,6,13-15H2,1-5H3,(H,28,32)/t16-,17+,22-/m1/s1. The van der Waals surface area contributed by atoms with E-state index < -0.39 is 5.91 Å². The van der Waals surface area contributed by atoms with Crippen LogP contribution in [-0.2, 0) is 9.53 Å². The number of benzene rings is 1. The zero-order chi connectivity index (χ0) is 25.5. The van der Waals surface area contributed by atoms with E-state index >= 15 is 0 Å². The molecule has 0 spiro atoms. The molecule has 1 aromatic carbocycles. The minimum Gasteiger partial charge on any atom is -0.491 e. The Morgan fingerprint density at radius 3 is 2.66 bits per heavy atom. The number of hydrogen-bond acceptors (Lipinski definition) is 7. The number of carbonyl (C=O) groups is 3. The maximum Gasteiger partial charge on any atom is 0.275 e. The van der Waals surface area contributed by atoms with E-state index in [4.69, 9.17) is 9.47 Å². The lowest BCUT2D eigenvalue weighted by molar-refractivity contribution is -0.135. The van der Waals surface area contributed by atoms with Crippen LogP contribution in [0.2, 0.25) is 0 Å². The number of nitrogens with one attached hydrogen (secondary N) is 1. The van der Waals surface area contributed by atoms with Crippen LogP contribution >= 0.6 is 0 Å². The van der Waals surface area contributed by atoms with E-state index in [0.717, 1.165) is 0 Å². The number of carbonyl (C=O) groups excluding carboxylic acids is 3. The molecule has 1 aliphatic heterocycles. The molecule has 10 heteroatoms. The number of hydrogen-bond donors (Lipinski definition) is 1. The summed E-state index contributed by atoms with van der Waals surface area (Å²) in [5.74, 6) is -0.308. The molecule has 0 radical (unpaired) electrons. The SMILES string of the molecule is CCC(=O)N1C[C@@H](C)[C@H](OC)CN(C)C(=O)c2cc(NC(=O)c3cnccn3)ccc2OC[C@@H]1C. The van der Waals surface area contributed by atoms with Crippen molar-refractivity contribution in [2.45, 2.75) is 39.3 Å². The highest BCUT2D eigenvalue weighted by molar-refractivity contribution is 6.04. The number of fused-ring (bicyclic) bond motifs is 1. The van der Waals surface area contributed by atoms with Crippen LogP contribution in [0.25, 0.3) is 0 Å². The number of methoxy groups -OCH3 is 1. The van der Waals surface area contributed by atoms with Crippen molar-refractivity contribution >= 4 is 23.4 Å². The molecule has 35 heavy (non-hydrogen) atoms. The number of amides is 3. The average Bonchev–Trinajstić information content (AvgIpc) is 2.88. The zero-order valence-electron chi connectivity index (χ0n) is 20.9. The summed E-state index contributed by atoms with van der Waals surface area (Å²) in [6.45, 7) is 6.81. The fourth-order valence-corrected chi connectivity index (χ4v) is 4.02. The molecule has 1 aliphatic rings. The number of anilines is 1. The van der Waals surface area contributed by atoms with Gasteiger partial charge in [-0.2, -0.15) is 0 Å². The number of rotatable bonds is 4. The molecule has 2 heterocycles. The predicted molar refractivity (Wildman–Crippen MR) is 130 cm³/mol. The van der Waals surface area contributed by atoms with E-state index in [2.05, 4.69) is 15.3 Å². The van der Waals surface area contributed by atoms with Crippen molar-refractivity contribution in [2.24, 2.45) is 5.92 Å². The van der Waals surface area contributed by atoms with Crippen molar-refractivity contribution < 1.29 is 23.9 Å². The quantitative estimate of drug-likeness (QED) is 0.711. The van der Waals surface area contributed by atoms with Gasteiger partial charge < -0.3 is 24.6 Å². The van der Waals surface area contributed by atoms with Gasteiger partial charge in [-0.1, -0.05) is 13.8 Å². The Morgan fingerprint density at radius 1 is 1.23 bits per heavy atom. The van der Waals surface area contributed by atoms with Gasteiger partial charge >= 0.3 is 0 Å². The Labute approximate surface area is 205 Å². The van der Waals surface area contributed by atoms with Crippen molar-refractivity contribution in [3.05, 3.63) is 48.0 Å². The second kappa shape index (κ2) is 11.7. The van der Waals surface area contributed by atoms with Crippen LogP contribution in [0.5, 0.6) is 5.75 Å². The Hall–Kier alpha value is -3.53. The molecule has 0 unspecified atom stereocenters. The topological polar surface area (TPSA) is 114 Å². The van der Waals surface area contributed by atoms with Gasteiger partial charge in [0.2, 0.25) is 5.91 Å². The lowest BCUT2D eigenvalue weighted by Crippen LogP contribution is -2.48. The summed E-state index contributed by atoms with van der Waals surface area (Å²) in [4.78, 5) is 49.9. The molecule has 0 aliphatic carbocycles. The van der Waals surface area contributed by atoms with E-state index in [9.17, 15) is 14.4 Å². The van der Waals surface area contributed by atoms with Crippen molar-refractivity contribution in [3.8, 4) is 5.75 Å². The second-order valence-corrected chi connectivity index (χ2v) is 8.75. The van der Waals surface area contributed by atoms with Gasteiger partial charge in [-0.05, 0) is 25.1 Å². The first-order valence-electron chi connectivity index (χ1n) is 11.7. The Kier molecular flexibility index (Phi) is 8.75. The summed E-state index contributed by atoms with van der Waals surface area (Å²) in [7, 11) is 3.30. The third-order valence-electron chi connectivity index (χ3n) is 6.12. The lowest BCUT2D eigenvalue weighted by atomic mass is 10.0. The van der Waals surface area contributed by atoms with Gasteiger partial charge in [0.15, 0.2) is 0 Å². The maximum absolute atomic E-state index is 13.4.